The number of halogens is 1. The van der Waals surface area contributed by atoms with Gasteiger partial charge in [-0.25, -0.2) is 0 Å². The van der Waals surface area contributed by atoms with E-state index in [1.807, 2.05) is 0 Å². The fraction of sp³-hybridized carbons (Fsp3) is 0.500. The zero-order valence-electron chi connectivity index (χ0n) is 14.0. The molecule has 0 amide bonds. The number of hydrogen-bond donors (Lipinski definition) is 3. The quantitative estimate of drug-likeness (QED) is 0.376. The van der Waals surface area contributed by atoms with Crippen molar-refractivity contribution in [1.29, 1.82) is 0 Å². The van der Waals surface area contributed by atoms with Crippen LogP contribution in [0, 0.1) is 12.8 Å². The fourth-order valence-electron chi connectivity index (χ4n) is 2.69. The third-order valence-electron chi connectivity index (χ3n) is 4.16. The van der Waals surface area contributed by atoms with Gasteiger partial charge in [-0.1, -0.05) is 12.1 Å². The number of benzene rings is 1. The van der Waals surface area contributed by atoms with Gasteiger partial charge in [-0.2, -0.15) is 0 Å². The number of fused-ring (bicyclic) bond motifs is 1. The lowest BCUT2D eigenvalue weighted by atomic mass is 10.1. The molecule has 23 heavy (non-hydrogen) atoms. The summed E-state index contributed by atoms with van der Waals surface area (Å²) in [6.07, 6.45) is 5.81. The van der Waals surface area contributed by atoms with E-state index in [0.717, 1.165) is 37.9 Å². The zero-order chi connectivity index (χ0) is 15.4. The second-order valence-corrected chi connectivity index (χ2v) is 6.20. The van der Waals surface area contributed by atoms with Crippen LogP contribution >= 0.6 is 24.0 Å². The van der Waals surface area contributed by atoms with Crippen molar-refractivity contribution in [3.63, 3.8) is 0 Å². The molecule has 1 saturated carbocycles. The number of guanidine groups is 1. The Kier molecular flexibility index (Phi) is 6.74. The molecular formula is C18H27IN4. The van der Waals surface area contributed by atoms with Crippen LogP contribution in [0.3, 0.4) is 0 Å². The molecule has 1 fully saturated rings. The lowest BCUT2D eigenvalue weighted by Crippen LogP contribution is -2.38. The molecule has 1 aliphatic carbocycles. The van der Waals surface area contributed by atoms with Crippen molar-refractivity contribution in [2.75, 3.05) is 19.6 Å². The molecule has 3 rings (SSSR count). The van der Waals surface area contributed by atoms with E-state index in [1.54, 1.807) is 0 Å². The van der Waals surface area contributed by atoms with Gasteiger partial charge in [0, 0.05) is 36.7 Å². The van der Waals surface area contributed by atoms with Gasteiger partial charge in [-0.05, 0) is 56.2 Å². The SMILES string of the molecule is CCNC(=NCC1CC1)NCCc1c[nH]c2cc(C)ccc12.I. The van der Waals surface area contributed by atoms with Crippen LogP contribution in [0.25, 0.3) is 10.9 Å². The normalized spacial score (nSPS) is 14.6. The van der Waals surface area contributed by atoms with Crippen molar-refractivity contribution < 1.29 is 0 Å². The van der Waals surface area contributed by atoms with E-state index in [-0.39, 0.29) is 24.0 Å². The lowest BCUT2D eigenvalue weighted by Gasteiger charge is -2.11. The summed E-state index contributed by atoms with van der Waals surface area (Å²) in [4.78, 5) is 8.02. The Morgan fingerprint density at radius 3 is 2.87 bits per heavy atom. The molecule has 2 aromatic rings. The Labute approximate surface area is 155 Å². The van der Waals surface area contributed by atoms with Gasteiger partial charge in [0.15, 0.2) is 5.96 Å². The van der Waals surface area contributed by atoms with E-state index in [2.05, 4.69) is 58.9 Å². The van der Waals surface area contributed by atoms with Gasteiger partial charge in [0.05, 0.1) is 0 Å². The number of hydrogen-bond acceptors (Lipinski definition) is 1. The van der Waals surface area contributed by atoms with Crippen molar-refractivity contribution in [1.82, 2.24) is 15.6 Å². The van der Waals surface area contributed by atoms with Crippen LogP contribution in [0.5, 0.6) is 0 Å². The van der Waals surface area contributed by atoms with Gasteiger partial charge in [0.2, 0.25) is 0 Å². The van der Waals surface area contributed by atoms with E-state index in [1.165, 1.54) is 34.9 Å². The number of rotatable bonds is 6. The van der Waals surface area contributed by atoms with Gasteiger partial charge in [0.25, 0.3) is 0 Å². The molecule has 0 unspecified atom stereocenters. The van der Waals surface area contributed by atoms with Crippen LogP contribution in [0.2, 0.25) is 0 Å². The number of aromatic amines is 1. The summed E-state index contributed by atoms with van der Waals surface area (Å²) in [6, 6.07) is 6.59. The molecule has 1 heterocycles. The molecule has 0 saturated heterocycles. The summed E-state index contributed by atoms with van der Waals surface area (Å²) in [6.45, 7) is 7.00. The number of nitrogens with one attached hydrogen (secondary N) is 3. The van der Waals surface area contributed by atoms with Crippen LogP contribution in [0.4, 0.5) is 0 Å². The summed E-state index contributed by atoms with van der Waals surface area (Å²) in [5, 5.41) is 8.09. The molecule has 4 nitrogen and oxygen atoms in total. The molecule has 1 aromatic carbocycles. The van der Waals surface area contributed by atoms with Gasteiger partial charge in [-0.15, -0.1) is 24.0 Å². The Morgan fingerprint density at radius 2 is 2.13 bits per heavy atom. The van der Waals surface area contributed by atoms with Crippen LogP contribution in [-0.2, 0) is 6.42 Å². The van der Waals surface area contributed by atoms with Crippen molar-refractivity contribution >= 4 is 40.8 Å². The van der Waals surface area contributed by atoms with Crippen LogP contribution in [-0.4, -0.2) is 30.6 Å². The van der Waals surface area contributed by atoms with Gasteiger partial charge in [0.1, 0.15) is 0 Å². The number of nitrogens with zero attached hydrogens (tertiary/aromatic N) is 1. The molecule has 126 valence electrons. The Bertz CT molecular complexity index is 658. The smallest absolute Gasteiger partial charge is 0.191 e. The number of aryl methyl sites for hydroxylation is 1. The first-order valence-corrected chi connectivity index (χ1v) is 8.35. The summed E-state index contributed by atoms with van der Waals surface area (Å²) in [5.74, 6) is 1.78. The van der Waals surface area contributed by atoms with Crippen molar-refractivity contribution in [3.05, 3.63) is 35.5 Å². The van der Waals surface area contributed by atoms with Crippen molar-refractivity contribution in [2.24, 2.45) is 10.9 Å². The Morgan fingerprint density at radius 1 is 1.30 bits per heavy atom. The maximum absolute atomic E-state index is 4.65. The molecular weight excluding hydrogens is 399 g/mol. The number of aromatic nitrogens is 1. The summed E-state index contributed by atoms with van der Waals surface area (Å²) in [7, 11) is 0. The summed E-state index contributed by atoms with van der Waals surface area (Å²) in [5.41, 5.74) is 3.88. The third-order valence-corrected chi connectivity index (χ3v) is 4.16. The summed E-state index contributed by atoms with van der Waals surface area (Å²) < 4.78 is 0. The minimum Gasteiger partial charge on any atom is -0.361 e. The minimum absolute atomic E-state index is 0. The standard InChI is InChI=1S/C18H26N4.HI/c1-3-19-18(22-11-14-5-6-14)20-9-8-15-12-21-17-10-13(2)4-7-16(15)17;/h4,7,10,12,14,21H,3,5-6,8-9,11H2,1-2H3,(H2,19,20,22);1H. The molecule has 0 aliphatic heterocycles. The van der Waals surface area contributed by atoms with E-state index in [0.29, 0.717) is 0 Å². The topological polar surface area (TPSA) is 52.2 Å². The number of H-pyrrole nitrogens is 1. The van der Waals surface area contributed by atoms with Crippen molar-refractivity contribution in [3.8, 4) is 0 Å². The van der Waals surface area contributed by atoms with Crippen molar-refractivity contribution in [2.45, 2.75) is 33.1 Å². The largest absolute Gasteiger partial charge is 0.361 e. The lowest BCUT2D eigenvalue weighted by molar-refractivity contribution is 0.778. The first kappa shape index (κ1) is 18.1. The van der Waals surface area contributed by atoms with Gasteiger partial charge >= 0.3 is 0 Å². The zero-order valence-corrected chi connectivity index (χ0v) is 16.3. The fourth-order valence-corrected chi connectivity index (χ4v) is 2.69. The molecule has 5 heteroatoms. The predicted molar refractivity (Wildman–Crippen MR) is 109 cm³/mol. The van der Waals surface area contributed by atoms with E-state index >= 15 is 0 Å². The second kappa shape index (κ2) is 8.57. The first-order valence-electron chi connectivity index (χ1n) is 8.35. The minimum atomic E-state index is 0. The molecule has 0 radical (unpaired) electrons. The van der Waals surface area contributed by atoms with Crippen LogP contribution < -0.4 is 10.6 Å². The third kappa shape index (κ3) is 5.12. The van der Waals surface area contributed by atoms with Gasteiger partial charge < -0.3 is 15.6 Å². The molecule has 0 atom stereocenters. The highest BCUT2D eigenvalue weighted by Gasteiger charge is 2.20. The highest BCUT2D eigenvalue weighted by molar-refractivity contribution is 14.0. The molecule has 0 bridgehead atoms. The molecule has 1 aromatic heterocycles. The van der Waals surface area contributed by atoms with Crippen LogP contribution in [0.1, 0.15) is 30.9 Å². The van der Waals surface area contributed by atoms with Gasteiger partial charge in [-0.3, -0.25) is 4.99 Å². The maximum atomic E-state index is 4.65. The average molecular weight is 426 g/mol. The Balaban J connectivity index is 0.00000192. The van der Waals surface area contributed by atoms with Crippen LogP contribution in [0.15, 0.2) is 29.4 Å². The maximum Gasteiger partial charge on any atom is 0.191 e. The highest BCUT2D eigenvalue weighted by Crippen LogP contribution is 2.28. The molecule has 1 aliphatic rings. The average Bonchev–Trinajstić information content (AvgIpc) is 3.26. The highest BCUT2D eigenvalue weighted by atomic mass is 127. The second-order valence-electron chi connectivity index (χ2n) is 6.20. The first-order chi connectivity index (χ1) is 10.8. The molecule has 3 N–H and O–H groups in total. The summed E-state index contributed by atoms with van der Waals surface area (Å²) >= 11 is 0. The monoisotopic (exact) mass is 426 g/mol. The van der Waals surface area contributed by atoms with E-state index < -0.39 is 0 Å². The Hall–Kier alpha value is -1.24. The predicted octanol–water partition coefficient (Wildman–Crippen LogP) is 3.60. The number of aliphatic imine (C=N–C) groups is 1. The van der Waals surface area contributed by atoms with E-state index in [9.17, 15) is 0 Å². The molecule has 0 spiro atoms. The van der Waals surface area contributed by atoms with E-state index in [4.69, 9.17) is 0 Å².